The smallest absolute Gasteiger partial charge is 0.189 e. The van der Waals surface area contributed by atoms with Crippen LogP contribution in [0.4, 0.5) is 5.69 Å². The first kappa shape index (κ1) is 14.1. The molecule has 2 heteroatoms. The number of aliphatic imine (C=N–C) groups is 1. The Kier molecular flexibility index (Phi) is 5.25. The third-order valence-electron chi connectivity index (χ3n) is 2.53. The van der Waals surface area contributed by atoms with Gasteiger partial charge in [-0.1, -0.05) is 31.7 Å². The van der Waals surface area contributed by atoms with Crippen LogP contribution in [0.15, 0.2) is 53.1 Å². The third kappa shape index (κ3) is 4.13. The van der Waals surface area contributed by atoms with E-state index in [1.54, 1.807) is 6.92 Å². The lowest BCUT2D eigenvalue weighted by Gasteiger charge is -2.00. The van der Waals surface area contributed by atoms with E-state index in [-0.39, 0.29) is 5.78 Å². The van der Waals surface area contributed by atoms with Gasteiger partial charge in [-0.3, -0.25) is 9.79 Å². The van der Waals surface area contributed by atoms with Gasteiger partial charge in [0.15, 0.2) is 5.78 Å². The van der Waals surface area contributed by atoms with E-state index in [0.29, 0.717) is 5.57 Å². The summed E-state index contributed by atoms with van der Waals surface area (Å²) in [5.41, 5.74) is 3.11. The lowest BCUT2D eigenvalue weighted by molar-refractivity contribution is -0.111. The van der Waals surface area contributed by atoms with Gasteiger partial charge >= 0.3 is 0 Å². The van der Waals surface area contributed by atoms with E-state index >= 15 is 0 Å². The maximum atomic E-state index is 11.9. The molecule has 0 aromatic heterocycles. The summed E-state index contributed by atoms with van der Waals surface area (Å²) in [6.45, 7) is 9.57. The summed E-state index contributed by atoms with van der Waals surface area (Å²) in [4.78, 5) is 16.1. The minimum atomic E-state index is -0.0479. The molecule has 0 spiro atoms. The minimum absolute atomic E-state index is 0.0479. The van der Waals surface area contributed by atoms with Gasteiger partial charge in [0.2, 0.25) is 0 Å². The van der Waals surface area contributed by atoms with Crippen molar-refractivity contribution in [2.45, 2.75) is 27.2 Å². The molecule has 0 N–H and O–H groups in total. The molecule has 0 fully saturated rings. The summed E-state index contributed by atoms with van der Waals surface area (Å²) in [7, 11) is 0. The molecule has 0 atom stereocenters. The van der Waals surface area contributed by atoms with E-state index in [4.69, 9.17) is 0 Å². The van der Waals surface area contributed by atoms with Crippen LogP contribution in [0, 0.1) is 6.92 Å². The molecule has 0 aliphatic rings. The SMILES string of the molecule is C=C(C=Nc1cccc(C)c1)C(=O)C(C)=CCC. The summed E-state index contributed by atoms with van der Waals surface area (Å²) < 4.78 is 0. The lowest BCUT2D eigenvalue weighted by Crippen LogP contribution is -2.03. The van der Waals surface area contributed by atoms with E-state index in [0.717, 1.165) is 23.2 Å². The highest BCUT2D eigenvalue weighted by Crippen LogP contribution is 2.13. The molecule has 0 amide bonds. The normalized spacial score (nSPS) is 11.8. The maximum Gasteiger partial charge on any atom is 0.189 e. The number of carbonyl (C=O) groups is 1. The molecule has 1 aromatic carbocycles. The Morgan fingerprint density at radius 3 is 2.78 bits per heavy atom. The molecule has 0 bridgehead atoms. The van der Waals surface area contributed by atoms with Crippen molar-refractivity contribution in [3.05, 3.63) is 53.6 Å². The number of aryl methyl sites for hydroxylation is 1. The maximum absolute atomic E-state index is 11.9. The van der Waals surface area contributed by atoms with Crippen LogP contribution in [0.25, 0.3) is 0 Å². The second-order valence-corrected chi connectivity index (χ2v) is 4.25. The summed E-state index contributed by atoms with van der Waals surface area (Å²) in [6, 6.07) is 7.81. The molecule has 0 aliphatic heterocycles. The summed E-state index contributed by atoms with van der Waals surface area (Å²) in [5.74, 6) is -0.0479. The predicted octanol–water partition coefficient (Wildman–Crippen LogP) is 4.18. The van der Waals surface area contributed by atoms with Crippen molar-refractivity contribution in [1.29, 1.82) is 0 Å². The molecule has 2 nitrogen and oxygen atoms in total. The topological polar surface area (TPSA) is 29.4 Å². The molecular formula is C16H19NO. The van der Waals surface area contributed by atoms with Crippen molar-refractivity contribution in [3.63, 3.8) is 0 Å². The van der Waals surface area contributed by atoms with Crippen LogP contribution in [0.5, 0.6) is 0 Å². The summed E-state index contributed by atoms with van der Waals surface area (Å²) in [5, 5.41) is 0. The van der Waals surface area contributed by atoms with E-state index in [1.165, 1.54) is 6.21 Å². The van der Waals surface area contributed by atoms with Gasteiger partial charge in [-0.05, 0) is 43.5 Å². The van der Waals surface area contributed by atoms with Gasteiger partial charge < -0.3 is 0 Å². The van der Waals surface area contributed by atoms with Crippen molar-refractivity contribution in [1.82, 2.24) is 0 Å². The average molecular weight is 241 g/mol. The fourth-order valence-corrected chi connectivity index (χ4v) is 1.57. The highest BCUT2D eigenvalue weighted by Gasteiger charge is 2.06. The van der Waals surface area contributed by atoms with E-state index in [1.807, 2.05) is 44.2 Å². The van der Waals surface area contributed by atoms with Crippen molar-refractivity contribution in [2.75, 3.05) is 0 Å². The molecular weight excluding hydrogens is 222 g/mol. The largest absolute Gasteiger partial charge is 0.289 e. The number of hydrogen-bond donors (Lipinski definition) is 0. The first-order chi connectivity index (χ1) is 8.54. The van der Waals surface area contributed by atoms with Crippen LogP contribution in [-0.4, -0.2) is 12.0 Å². The lowest BCUT2D eigenvalue weighted by atomic mass is 10.1. The quantitative estimate of drug-likeness (QED) is 0.561. The second kappa shape index (κ2) is 6.70. The molecule has 18 heavy (non-hydrogen) atoms. The minimum Gasteiger partial charge on any atom is -0.289 e. The number of rotatable bonds is 5. The number of Topliss-reactive ketones (excluding diaryl/α,β-unsaturated/α-hetero) is 1. The van der Waals surface area contributed by atoms with E-state index < -0.39 is 0 Å². The monoisotopic (exact) mass is 241 g/mol. The van der Waals surface area contributed by atoms with Gasteiger partial charge in [0.05, 0.1) is 5.69 Å². The van der Waals surface area contributed by atoms with Crippen LogP contribution >= 0.6 is 0 Å². The fraction of sp³-hybridized carbons (Fsp3) is 0.250. The zero-order valence-corrected chi connectivity index (χ0v) is 11.2. The van der Waals surface area contributed by atoms with E-state index in [2.05, 4.69) is 11.6 Å². The second-order valence-electron chi connectivity index (χ2n) is 4.25. The Morgan fingerprint density at radius 2 is 2.17 bits per heavy atom. The first-order valence-electron chi connectivity index (χ1n) is 6.05. The van der Waals surface area contributed by atoms with Crippen molar-refractivity contribution in [3.8, 4) is 0 Å². The van der Waals surface area contributed by atoms with Crippen LogP contribution in [0.2, 0.25) is 0 Å². The Labute approximate surface area is 109 Å². The molecule has 0 radical (unpaired) electrons. The molecule has 1 rings (SSSR count). The number of benzene rings is 1. The number of hydrogen-bond acceptors (Lipinski definition) is 2. The zero-order chi connectivity index (χ0) is 13.5. The van der Waals surface area contributed by atoms with Gasteiger partial charge in [-0.15, -0.1) is 0 Å². The number of carbonyl (C=O) groups excluding carboxylic acids is 1. The Bertz CT molecular complexity index is 510. The predicted molar refractivity (Wildman–Crippen MR) is 77.5 cm³/mol. The standard InChI is InChI=1S/C16H19NO/c1-5-7-13(3)16(18)14(4)11-17-15-9-6-8-12(2)10-15/h6-11H,4-5H2,1-3H3. The molecule has 0 saturated carbocycles. The molecule has 1 aromatic rings. The van der Waals surface area contributed by atoms with Gasteiger partial charge in [-0.2, -0.15) is 0 Å². The number of nitrogens with zero attached hydrogens (tertiary/aromatic N) is 1. The van der Waals surface area contributed by atoms with Crippen LogP contribution < -0.4 is 0 Å². The zero-order valence-electron chi connectivity index (χ0n) is 11.2. The van der Waals surface area contributed by atoms with Crippen LogP contribution in [0.1, 0.15) is 25.8 Å². The fourth-order valence-electron chi connectivity index (χ4n) is 1.57. The van der Waals surface area contributed by atoms with Gasteiger partial charge in [0, 0.05) is 11.8 Å². The van der Waals surface area contributed by atoms with Gasteiger partial charge in [0.1, 0.15) is 0 Å². The Morgan fingerprint density at radius 1 is 1.44 bits per heavy atom. The number of allylic oxidation sites excluding steroid dienone is 3. The van der Waals surface area contributed by atoms with Gasteiger partial charge in [0.25, 0.3) is 0 Å². The first-order valence-corrected chi connectivity index (χ1v) is 6.05. The highest BCUT2D eigenvalue weighted by atomic mass is 16.1. The van der Waals surface area contributed by atoms with Crippen LogP contribution in [-0.2, 0) is 4.79 Å². The number of ketones is 1. The van der Waals surface area contributed by atoms with Gasteiger partial charge in [-0.25, -0.2) is 0 Å². The molecule has 0 aliphatic carbocycles. The summed E-state index contributed by atoms with van der Waals surface area (Å²) >= 11 is 0. The molecule has 0 saturated heterocycles. The molecule has 0 unspecified atom stereocenters. The third-order valence-corrected chi connectivity index (χ3v) is 2.53. The highest BCUT2D eigenvalue weighted by molar-refractivity contribution is 6.20. The van der Waals surface area contributed by atoms with Crippen molar-refractivity contribution >= 4 is 17.7 Å². The molecule has 94 valence electrons. The average Bonchev–Trinajstić information content (AvgIpc) is 2.35. The van der Waals surface area contributed by atoms with Crippen molar-refractivity contribution in [2.24, 2.45) is 4.99 Å². The Balaban J connectivity index is 2.76. The Hall–Kier alpha value is -1.96. The van der Waals surface area contributed by atoms with Crippen molar-refractivity contribution < 1.29 is 4.79 Å². The molecule has 0 heterocycles. The van der Waals surface area contributed by atoms with Crippen LogP contribution in [0.3, 0.4) is 0 Å². The summed E-state index contributed by atoms with van der Waals surface area (Å²) in [6.07, 6.45) is 4.28. The van der Waals surface area contributed by atoms with E-state index in [9.17, 15) is 4.79 Å².